The zero-order chi connectivity index (χ0) is 22.3. The van der Waals surface area contributed by atoms with E-state index in [-0.39, 0.29) is 12.1 Å². The molecule has 2 N–H and O–H groups in total. The lowest BCUT2D eigenvalue weighted by atomic mass is 10.0. The zero-order valence-corrected chi connectivity index (χ0v) is 18.6. The summed E-state index contributed by atoms with van der Waals surface area (Å²) >= 11 is 0. The Bertz CT molecular complexity index is 1240. The number of ether oxygens (including phenoxy) is 1. The molecular formula is C25H27N5O2. The van der Waals surface area contributed by atoms with Crippen molar-refractivity contribution in [2.45, 2.75) is 45.3 Å². The maximum atomic E-state index is 12.7. The maximum Gasteiger partial charge on any atom is 0.410 e. The number of hydrogen-bond acceptors (Lipinski definition) is 4. The van der Waals surface area contributed by atoms with Crippen LogP contribution in [0.5, 0.6) is 0 Å². The molecule has 1 aliphatic heterocycles. The number of imidazole rings is 2. The standard InChI is InChI=1S/C25H27N5O2/c1-25(2,3)32-24(31)30-12-4-5-22(30)23-28-19-11-10-18(13-20(19)29-23)16-6-8-17(9-7-16)21-14-26-15-27-21/h6-11,13-15,22H,4-5,12H2,1-3H3,(H,26,27)(H,28,29)/t22-/m0/s1. The van der Waals surface area contributed by atoms with Crippen LogP contribution in [0.2, 0.25) is 0 Å². The highest BCUT2D eigenvalue weighted by Gasteiger charge is 2.34. The topological polar surface area (TPSA) is 86.9 Å². The summed E-state index contributed by atoms with van der Waals surface area (Å²) in [6.07, 6.45) is 5.03. The molecule has 7 heteroatoms. The third-order valence-electron chi connectivity index (χ3n) is 5.72. The minimum Gasteiger partial charge on any atom is -0.444 e. The molecule has 2 aromatic carbocycles. The number of benzene rings is 2. The molecule has 0 bridgehead atoms. The van der Waals surface area contributed by atoms with Gasteiger partial charge in [-0.05, 0) is 62.4 Å². The van der Waals surface area contributed by atoms with Crippen molar-refractivity contribution in [3.63, 3.8) is 0 Å². The molecule has 0 saturated carbocycles. The van der Waals surface area contributed by atoms with Crippen LogP contribution in [-0.4, -0.2) is 43.1 Å². The van der Waals surface area contributed by atoms with Crippen molar-refractivity contribution in [1.82, 2.24) is 24.8 Å². The Kier molecular flexibility index (Phi) is 4.96. The molecule has 1 atom stereocenters. The first kappa shape index (κ1) is 20.3. The second-order valence-corrected chi connectivity index (χ2v) is 9.23. The quantitative estimate of drug-likeness (QED) is 0.438. The maximum absolute atomic E-state index is 12.7. The molecule has 0 aliphatic carbocycles. The van der Waals surface area contributed by atoms with E-state index in [0.717, 1.165) is 52.1 Å². The number of nitrogens with zero attached hydrogens (tertiary/aromatic N) is 3. The predicted octanol–water partition coefficient (Wildman–Crippen LogP) is 5.69. The van der Waals surface area contributed by atoms with E-state index in [1.54, 1.807) is 11.2 Å². The first-order valence-electron chi connectivity index (χ1n) is 11.0. The first-order valence-corrected chi connectivity index (χ1v) is 11.0. The molecule has 0 unspecified atom stereocenters. The number of aromatic nitrogens is 4. The van der Waals surface area contributed by atoms with Crippen molar-refractivity contribution in [2.75, 3.05) is 6.54 Å². The Balaban J connectivity index is 1.40. The van der Waals surface area contributed by atoms with Crippen molar-refractivity contribution in [1.29, 1.82) is 0 Å². The molecule has 4 aromatic rings. The van der Waals surface area contributed by atoms with E-state index in [0.29, 0.717) is 6.54 Å². The van der Waals surface area contributed by atoms with E-state index >= 15 is 0 Å². The SMILES string of the molecule is CC(C)(C)OC(=O)N1CCC[C@H]1c1nc2ccc(-c3ccc(-c4cnc[nH]4)cc3)cc2[nH]1. The van der Waals surface area contributed by atoms with Crippen LogP contribution in [0.3, 0.4) is 0 Å². The van der Waals surface area contributed by atoms with E-state index in [1.807, 2.05) is 33.0 Å². The van der Waals surface area contributed by atoms with Crippen LogP contribution >= 0.6 is 0 Å². The lowest BCUT2D eigenvalue weighted by Gasteiger charge is -2.27. The Hall–Kier alpha value is -3.61. The summed E-state index contributed by atoms with van der Waals surface area (Å²) in [5.41, 5.74) is 5.68. The van der Waals surface area contributed by atoms with Gasteiger partial charge in [0.15, 0.2) is 0 Å². The molecule has 0 spiro atoms. The fraction of sp³-hybridized carbons (Fsp3) is 0.320. The highest BCUT2D eigenvalue weighted by Crippen LogP contribution is 2.33. The van der Waals surface area contributed by atoms with E-state index in [9.17, 15) is 4.79 Å². The van der Waals surface area contributed by atoms with Gasteiger partial charge in [0.05, 0.1) is 35.3 Å². The van der Waals surface area contributed by atoms with E-state index in [1.165, 1.54) is 0 Å². The average molecular weight is 430 g/mol. The number of carbonyl (C=O) groups excluding carboxylic acids is 1. The highest BCUT2D eigenvalue weighted by atomic mass is 16.6. The van der Waals surface area contributed by atoms with Gasteiger partial charge in [0.25, 0.3) is 0 Å². The molecule has 7 nitrogen and oxygen atoms in total. The smallest absolute Gasteiger partial charge is 0.410 e. The van der Waals surface area contributed by atoms with Gasteiger partial charge in [-0.3, -0.25) is 4.90 Å². The monoisotopic (exact) mass is 429 g/mol. The Morgan fingerprint density at radius 2 is 1.84 bits per heavy atom. The summed E-state index contributed by atoms with van der Waals surface area (Å²) in [7, 11) is 0. The van der Waals surface area contributed by atoms with Gasteiger partial charge in [-0.1, -0.05) is 30.3 Å². The fourth-order valence-corrected chi connectivity index (χ4v) is 4.21. The second kappa shape index (κ2) is 7.82. The van der Waals surface area contributed by atoms with Gasteiger partial charge in [-0.2, -0.15) is 0 Å². The number of fused-ring (bicyclic) bond motifs is 1. The largest absolute Gasteiger partial charge is 0.444 e. The molecule has 1 aliphatic rings. The van der Waals surface area contributed by atoms with Crippen molar-refractivity contribution >= 4 is 17.1 Å². The Morgan fingerprint density at radius 3 is 2.56 bits per heavy atom. The van der Waals surface area contributed by atoms with Gasteiger partial charge in [-0.15, -0.1) is 0 Å². The summed E-state index contributed by atoms with van der Waals surface area (Å²) in [5, 5.41) is 0. The fourth-order valence-electron chi connectivity index (χ4n) is 4.21. The second-order valence-electron chi connectivity index (χ2n) is 9.23. The lowest BCUT2D eigenvalue weighted by molar-refractivity contribution is 0.0219. The van der Waals surface area contributed by atoms with Crippen LogP contribution in [0.15, 0.2) is 55.0 Å². The summed E-state index contributed by atoms with van der Waals surface area (Å²) in [4.78, 5) is 29.9. The summed E-state index contributed by atoms with van der Waals surface area (Å²) in [5.74, 6) is 0.815. The normalized spacial score (nSPS) is 16.6. The Labute approximate surface area is 186 Å². The number of H-pyrrole nitrogens is 2. The molecule has 1 amide bonds. The number of aromatic amines is 2. The van der Waals surface area contributed by atoms with Gasteiger partial charge in [0, 0.05) is 6.54 Å². The molecule has 5 rings (SSSR count). The molecular weight excluding hydrogens is 402 g/mol. The molecule has 1 saturated heterocycles. The Morgan fingerprint density at radius 1 is 1.09 bits per heavy atom. The minimum absolute atomic E-state index is 0.0885. The minimum atomic E-state index is -0.514. The van der Waals surface area contributed by atoms with Crippen molar-refractivity contribution in [3.8, 4) is 22.4 Å². The predicted molar refractivity (Wildman–Crippen MR) is 124 cm³/mol. The summed E-state index contributed by atoms with van der Waals surface area (Å²) in [6.45, 7) is 6.35. The van der Waals surface area contributed by atoms with Gasteiger partial charge in [0.1, 0.15) is 11.4 Å². The van der Waals surface area contributed by atoms with Crippen LogP contribution in [-0.2, 0) is 4.74 Å². The van der Waals surface area contributed by atoms with E-state index in [2.05, 4.69) is 51.4 Å². The number of amides is 1. The molecule has 1 fully saturated rings. The number of likely N-dealkylation sites (tertiary alicyclic amines) is 1. The molecule has 2 aromatic heterocycles. The summed E-state index contributed by atoms with van der Waals surface area (Å²) < 4.78 is 5.60. The van der Waals surface area contributed by atoms with Crippen LogP contribution < -0.4 is 0 Å². The molecule has 3 heterocycles. The van der Waals surface area contributed by atoms with E-state index in [4.69, 9.17) is 9.72 Å². The van der Waals surface area contributed by atoms with Crippen LogP contribution in [0, 0.1) is 0 Å². The third kappa shape index (κ3) is 3.98. The van der Waals surface area contributed by atoms with Gasteiger partial charge < -0.3 is 14.7 Å². The third-order valence-corrected chi connectivity index (χ3v) is 5.72. The molecule has 32 heavy (non-hydrogen) atoms. The highest BCUT2D eigenvalue weighted by molar-refractivity contribution is 5.82. The summed E-state index contributed by atoms with van der Waals surface area (Å²) in [6, 6.07) is 14.5. The molecule has 0 radical (unpaired) electrons. The van der Waals surface area contributed by atoms with Crippen molar-refractivity contribution in [2.24, 2.45) is 0 Å². The van der Waals surface area contributed by atoms with Crippen LogP contribution in [0.4, 0.5) is 4.79 Å². The van der Waals surface area contributed by atoms with Crippen LogP contribution in [0.25, 0.3) is 33.4 Å². The number of hydrogen-bond donors (Lipinski definition) is 2. The average Bonchev–Trinajstić information content (AvgIpc) is 3.52. The molecule has 164 valence electrons. The van der Waals surface area contributed by atoms with Gasteiger partial charge in [-0.25, -0.2) is 14.8 Å². The van der Waals surface area contributed by atoms with Gasteiger partial charge in [0.2, 0.25) is 0 Å². The number of carbonyl (C=O) groups is 1. The lowest BCUT2D eigenvalue weighted by Crippen LogP contribution is -2.36. The number of rotatable bonds is 3. The van der Waals surface area contributed by atoms with Gasteiger partial charge >= 0.3 is 6.09 Å². The van der Waals surface area contributed by atoms with Crippen molar-refractivity contribution in [3.05, 3.63) is 60.8 Å². The first-order chi connectivity index (χ1) is 15.4. The van der Waals surface area contributed by atoms with Crippen molar-refractivity contribution < 1.29 is 9.53 Å². The number of nitrogens with one attached hydrogen (secondary N) is 2. The van der Waals surface area contributed by atoms with E-state index < -0.39 is 5.60 Å². The van der Waals surface area contributed by atoms with Crippen LogP contribution in [0.1, 0.15) is 45.5 Å². The zero-order valence-electron chi connectivity index (χ0n) is 18.6.